The third-order valence-electron chi connectivity index (χ3n) is 5.13. The molecular weight excluding hydrogens is 430 g/mol. The molecule has 0 saturated carbocycles. The van der Waals surface area contributed by atoms with Gasteiger partial charge in [-0.25, -0.2) is 13.4 Å². The minimum absolute atomic E-state index is 0.0419. The van der Waals surface area contributed by atoms with Crippen LogP contribution in [0.15, 0.2) is 85.9 Å². The molecule has 1 aromatic heterocycles. The van der Waals surface area contributed by atoms with Crippen molar-refractivity contribution >= 4 is 26.5 Å². The maximum Gasteiger partial charge on any atom is 0.239 e. The zero-order valence-corrected chi connectivity index (χ0v) is 18.2. The van der Waals surface area contributed by atoms with Crippen molar-refractivity contribution in [2.45, 2.75) is 16.7 Å². The molecule has 0 radical (unpaired) electrons. The first-order valence-electron chi connectivity index (χ1n) is 9.83. The van der Waals surface area contributed by atoms with Crippen LogP contribution >= 0.6 is 0 Å². The summed E-state index contributed by atoms with van der Waals surface area (Å²) in [6, 6.07) is 18.6. The fourth-order valence-electron chi connectivity index (χ4n) is 3.45. The first-order chi connectivity index (χ1) is 15.5. The zero-order valence-electron chi connectivity index (χ0n) is 17.4. The monoisotopic (exact) mass is 449 g/mol. The Hall–Kier alpha value is -3.78. The quantitative estimate of drug-likeness (QED) is 0.454. The van der Waals surface area contributed by atoms with Gasteiger partial charge in [0.25, 0.3) is 0 Å². The molecule has 162 valence electrons. The highest BCUT2D eigenvalue weighted by Gasteiger charge is 2.23. The lowest BCUT2D eigenvalue weighted by Crippen LogP contribution is -2.16. The Labute approximate surface area is 184 Å². The van der Waals surface area contributed by atoms with Gasteiger partial charge in [-0.3, -0.25) is 0 Å². The van der Waals surface area contributed by atoms with Gasteiger partial charge in [0.05, 0.1) is 17.7 Å². The van der Waals surface area contributed by atoms with Crippen LogP contribution in [0.1, 0.15) is 5.56 Å². The number of sulfone groups is 1. The van der Waals surface area contributed by atoms with Gasteiger partial charge in [-0.05, 0) is 43.3 Å². The van der Waals surface area contributed by atoms with E-state index in [-0.39, 0.29) is 22.1 Å². The summed E-state index contributed by atoms with van der Waals surface area (Å²) in [5, 5.41) is 0.583. The number of para-hydroxylation sites is 1. The van der Waals surface area contributed by atoms with Crippen LogP contribution in [0.25, 0.3) is 11.0 Å². The topological polar surface area (TPSA) is 87.3 Å². The van der Waals surface area contributed by atoms with Gasteiger partial charge in [0, 0.05) is 11.5 Å². The minimum Gasteiger partial charge on any atom is -0.493 e. The molecule has 0 fully saturated rings. The van der Waals surface area contributed by atoms with E-state index in [1.807, 2.05) is 6.92 Å². The third kappa shape index (κ3) is 3.48. The molecule has 5 rings (SSSR count). The van der Waals surface area contributed by atoms with Crippen LogP contribution in [0, 0.1) is 6.92 Å². The van der Waals surface area contributed by atoms with E-state index in [2.05, 4.69) is 4.99 Å². The Balaban J connectivity index is 1.79. The van der Waals surface area contributed by atoms with E-state index in [0.29, 0.717) is 33.9 Å². The molecule has 0 N–H and O–H groups in total. The highest BCUT2D eigenvalue weighted by molar-refractivity contribution is 7.91. The Kier molecular flexibility index (Phi) is 4.86. The molecule has 1 aliphatic rings. The van der Waals surface area contributed by atoms with Crippen LogP contribution in [0.3, 0.4) is 0 Å². The number of fused-ring (bicyclic) bond motifs is 2. The summed E-state index contributed by atoms with van der Waals surface area (Å²) in [7, 11) is -2.39. The van der Waals surface area contributed by atoms with E-state index in [0.717, 1.165) is 5.56 Å². The Morgan fingerprint density at radius 1 is 0.938 bits per heavy atom. The van der Waals surface area contributed by atoms with Crippen molar-refractivity contribution in [3.8, 4) is 17.2 Å². The van der Waals surface area contributed by atoms with Crippen LogP contribution in [0.2, 0.25) is 0 Å². The lowest BCUT2D eigenvalue weighted by Gasteiger charge is -2.09. The summed E-state index contributed by atoms with van der Waals surface area (Å²) in [6.07, 6.45) is 0. The molecule has 32 heavy (non-hydrogen) atoms. The number of benzene rings is 3. The summed E-state index contributed by atoms with van der Waals surface area (Å²) in [5.74, 6) is 1.62. The summed E-state index contributed by atoms with van der Waals surface area (Å²) in [6.45, 7) is 2.03. The van der Waals surface area contributed by atoms with Gasteiger partial charge in [0.2, 0.25) is 22.2 Å². The number of hydrogen-bond acceptors (Lipinski definition) is 7. The highest BCUT2D eigenvalue weighted by atomic mass is 32.2. The maximum atomic E-state index is 13.5. The number of aryl methyl sites for hydroxylation is 1. The number of hydrogen-bond donors (Lipinski definition) is 0. The molecule has 1 aliphatic heterocycles. The summed E-state index contributed by atoms with van der Waals surface area (Å²) in [4.78, 5) is 4.63. The van der Waals surface area contributed by atoms with E-state index in [1.54, 1.807) is 66.7 Å². The fraction of sp³-hybridized carbons (Fsp3) is 0.125. The molecule has 2 heterocycles. The summed E-state index contributed by atoms with van der Waals surface area (Å²) in [5.41, 5.74) is 1.77. The number of ether oxygens (including phenoxy) is 3. The molecule has 0 unspecified atom stereocenters. The van der Waals surface area contributed by atoms with Crippen molar-refractivity contribution in [2.75, 3.05) is 13.9 Å². The van der Waals surface area contributed by atoms with Crippen LogP contribution in [0.4, 0.5) is 5.69 Å². The Bertz CT molecular complexity index is 1500. The standard InChI is InChI=1S/C24H19NO6S/c1-15-6-9-18(10-7-15)32(26,27)22-12-16-4-3-5-20(28-2)23(16)31-24(22)25-17-8-11-19-21(13-17)30-14-29-19/h3-13H,14H2,1-2H3. The molecule has 0 bridgehead atoms. The van der Waals surface area contributed by atoms with Crippen molar-refractivity contribution in [3.63, 3.8) is 0 Å². The molecule has 0 saturated heterocycles. The third-order valence-corrected chi connectivity index (χ3v) is 6.90. The second kappa shape index (κ2) is 7.72. The first kappa shape index (κ1) is 20.1. The largest absolute Gasteiger partial charge is 0.493 e. The average Bonchev–Trinajstić information content (AvgIpc) is 3.26. The van der Waals surface area contributed by atoms with E-state index in [9.17, 15) is 8.42 Å². The van der Waals surface area contributed by atoms with Gasteiger partial charge < -0.3 is 18.6 Å². The predicted molar refractivity (Wildman–Crippen MR) is 117 cm³/mol. The van der Waals surface area contributed by atoms with Gasteiger partial charge in [-0.15, -0.1) is 0 Å². The van der Waals surface area contributed by atoms with Crippen molar-refractivity contribution in [2.24, 2.45) is 4.99 Å². The van der Waals surface area contributed by atoms with Gasteiger partial charge >= 0.3 is 0 Å². The van der Waals surface area contributed by atoms with E-state index in [4.69, 9.17) is 18.6 Å². The highest BCUT2D eigenvalue weighted by Crippen LogP contribution is 2.35. The molecular formula is C24H19NO6S. The minimum atomic E-state index is -3.91. The molecule has 4 aromatic rings. The number of methoxy groups -OCH3 is 1. The van der Waals surface area contributed by atoms with Crippen LogP contribution in [-0.4, -0.2) is 22.3 Å². The first-order valence-corrected chi connectivity index (χ1v) is 11.3. The zero-order chi connectivity index (χ0) is 22.3. The lowest BCUT2D eigenvalue weighted by molar-refractivity contribution is 0.174. The average molecular weight is 449 g/mol. The van der Waals surface area contributed by atoms with Gasteiger partial charge in [0.1, 0.15) is 4.90 Å². The molecule has 8 heteroatoms. The Morgan fingerprint density at radius 3 is 2.50 bits per heavy atom. The van der Waals surface area contributed by atoms with Crippen molar-refractivity contribution in [3.05, 3.63) is 77.8 Å². The summed E-state index contributed by atoms with van der Waals surface area (Å²) >= 11 is 0. The lowest BCUT2D eigenvalue weighted by atomic mass is 10.2. The summed E-state index contributed by atoms with van der Waals surface area (Å²) < 4.78 is 49.3. The maximum absolute atomic E-state index is 13.5. The SMILES string of the molecule is COc1cccc2cc(S(=O)(=O)c3ccc(C)cc3)c(=Nc3ccc4c(c3)OCO4)oc12. The van der Waals surface area contributed by atoms with Gasteiger partial charge in [-0.1, -0.05) is 29.8 Å². The number of nitrogens with zero attached hydrogens (tertiary/aromatic N) is 1. The van der Waals surface area contributed by atoms with Crippen LogP contribution in [-0.2, 0) is 9.84 Å². The van der Waals surface area contributed by atoms with Gasteiger partial charge in [0.15, 0.2) is 22.8 Å². The van der Waals surface area contributed by atoms with Crippen LogP contribution in [0.5, 0.6) is 17.2 Å². The van der Waals surface area contributed by atoms with Gasteiger partial charge in [-0.2, -0.15) is 0 Å². The second-order valence-electron chi connectivity index (χ2n) is 7.26. The molecule has 0 atom stereocenters. The van der Waals surface area contributed by atoms with E-state index in [1.165, 1.54) is 7.11 Å². The molecule has 3 aromatic carbocycles. The Morgan fingerprint density at radius 2 is 1.72 bits per heavy atom. The van der Waals surface area contributed by atoms with Crippen molar-refractivity contribution < 1.29 is 27.0 Å². The molecule has 0 amide bonds. The molecule has 0 spiro atoms. The van der Waals surface area contributed by atoms with Crippen LogP contribution < -0.4 is 19.8 Å². The number of rotatable bonds is 4. The van der Waals surface area contributed by atoms with E-state index >= 15 is 0 Å². The molecule has 7 nitrogen and oxygen atoms in total. The van der Waals surface area contributed by atoms with E-state index < -0.39 is 9.84 Å². The predicted octanol–water partition coefficient (Wildman–Crippen LogP) is 4.54. The fourth-order valence-corrected chi connectivity index (χ4v) is 4.80. The van der Waals surface area contributed by atoms with Crippen molar-refractivity contribution in [1.82, 2.24) is 0 Å². The second-order valence-corrected chi connectivity index (χ2v) is 9.18. The smallest absolute Gasteiger partial charge is 0.239 e. The van der Waals surface area contributed by atoms with Crippen molar-refractivity contribution in [1.29, 1.82) is 0 Å². The molecule has 0 aliphatic carbocycles. The normalized spacial score (nSPS) is 13.5.